The van der Waals surface area contributed by atoms with E-state index in [9.17, 15) is 9.90 Å². The molecule has 0 fully saturated rings. The molecule has 1 aromatic heterocycles. The molecule has 5 nitrogen and oxygen atoms in total. The summed E-state index contributed by atoms with van der Waals surface area (Å²) in [6.45, 7) is 5.95. The molecule has 0 spiro atoms. The van der Waals surface area contributed by atoms with E-state index in [1.165, 1.54) is 6.20 Å². The third-order valence-corrected chi connectivity index (χ3v) is 2.53. The minimum atomic E-state index is -0.576. The SMILES string of the molecule is CC(C)(C)C(O)CNC(=O)c1cnsn1. The van der Waals surface area contributed by atoms with Crippen molar-refractivity contribution in [2.24, 2.45) is 5.41 Å². The number of carbonyl (C=O) groups is 1. The van der Waals surface area contributed by atoms with Crippen LogP contribution in [0.4, 0.5) is 0 Å². The van der Waals surface area contributed by atoms with Gasteiger partial charge in [-0.25, -0.2) is 0 Å². The van der Waals surface area contributed by atoms with Crippen LogP contribution in [0.25, 0.3) is 0 Å². The zero-order valence-corrected chi connectivity index (χ0v) is 9.84. The van der Waals surface area contributed by atoms with Gasteiger partial charge in [0, 0.05) is 6.54 Å². The fourth-order valence-corrected chi connectivity index (χ4v) is 1.26. The van der Waals surface area contributed by atoms with Crippen molar-refractivity contribution < 1.29 is 9.90 Å². The molecule has 0 saturated carbocycles. The van der Waals surface area contributed by atoms with E-state index in [4.69, 9.17) is 0 Å². The van der Waals surface area contributed by atoms with E-state index in [-0.39, 0.29) is 17.9 Å². The first kappa shape index (κ1) is 12.1. The zero-order valence-electron chi connectivity index (χ0n) is 9.02. The molecule has 2 N–H and O–H groups in total. The molecule has 1 rings (SSSR count). The number of amides is 1. The lowest BCUT2D eigenvalue weighted by molar-refractivity contribution is 0.0585. The van der Waals surface area contributed by atoms with E-state index < -0.39 is 6.10 Å². The average Bonchev–Trinajstić information content (AvgIpc) is 2.64. The third-order valence-electron chi connectivity index (χ3n) is 2.05. The van der Waals surface area contributed by atoms with Crippen molar-refractivity contribution in [1.29, 1.82) is 0 Å². The van der Waals surface area contributed by atoms with E-state index in [1.54, 1.807) is 0 Å². The highest BCUT2D eigenvalue weighted by atomic mass is 32.1. The Morgan fingerprint density at radius 1 is 1.67 bits per heavy atom. The third kappa shape index (κ3) is 3.56. The van der Waals surface area contributed by atoms with Crippen molar-refractivity contribution in [3.05, 3.63) is 11.9 Å². The van der Waals surface area contributed by atoms with Crippen molar-refractivity contribution >= 4 is 17.6 Å². The Bertz CT molecular complexity index is 319. The number of nitrogens with zero attached hydrogens (tertiary/aromatic N) is 2. The van der Waals surface area contributed by atoms with Gasteiger partial charge in [0.2, 0.25) is 0 Å². The predicted molar refractivity (Wildman–Crippen MR) is 57.7 cm³/mol. The Balaban J connectivity index is 2.42. The van der Waals surface area contributed by atoms with Gasteiger partial charge in [-0.1, -0.05) is 20.8 Å². The zero-order chi connectivity index (χ0) is 11.5. The lowest BCUT2D eigenvalue weighted by Crippen LogP contribution is -2.39. The van der Waals surface area contributed by atoms with E-state index in [0.717, 1.165) is 11.7 Å². The van der Waals surface area contributed by atoms with Gasteiger partial charge in [-0.15, -0.1) is 0 Å². The van der Waals surface area contributed by atoms with E-state index in [0.29, 0.717) is 5.69 Å². The number of nitrogens with one attached hydrogen (secondary N) is 1. The minimum absolute atomic E-state index is 0.222. The minimum Gasteiger partial charge on any atom is -0.391 e. The molecule has 0 aliphatic heterocycles. The van der Waals surface area contributed by atoms with E-state index in [2.05, 4.69) is 14.1 Å². The number of rotatable bonds is 3. The Hall–Kier alpha value is -1.01. The van der Waals surface area contributed by atoms with Crippen LogP contribution >= 0.6 is 11.7 Å². The number of hydrogen-bond donors (Lipinski definition) is 2. The molecule has 1 amide bonds. The Labute approximate surface area is 92.9 Å². The van der Waals surface area contributed by atoms with Gasteiger partial charge in [0.05, 0.1) is 24.0 Å². The molecule has 0 saturated heterocycles. The van der Waals surface area contributed by atoms with Crippen molar-refractivity contribution in [2.75, 3.05) is 6.54 Å². The normalized spacial score (nSPS) is 13.6. The molecule has 1 atom stereocenters. The van der Waals surface area contributed by atoms with Crippen LogP contribution in [-0.2, 0) is 0 Å². The Morgan fingerprint density at radius 3 is 2.80 bits per heavy atom. The number of carbonyl (C=O) groups excluding carboxylic acids is 1. The lowest BCUT2D eigenvalue weighted by Gasteiger charge is -2.25. The van der Waals surface area contributed by atoms with Gasteiger partial charge in [-0.3, -0.25) is 4.79 Å². The molecule has 15 heavy (non-hydrogen) atoms. The maximum absolute atomic E-state index is 11.4. The number of aliphatic hydroxyl groups excluding tert-OH is 1. The molecule has 0 aliphatic rings. The van der Waals surface area contributed by atoms with Crippen molar-refractivity contribution in [3.8, 4) is 0 Å². The monoisotopic (exact) mass is 229 g/mol. The molecule has 0 radical (unpaired) electrons. The fourth-order valence-electron chi connectivity index (χ4n) is 0.851. The smallest absolute Gasteiger partial charge is 0.272 e. The van der Waals surface area contributed by atoms with Crippen LogP contribution < -0.4 is 5.32 Å². The van der Waals surface area contributed by atoms with Crippen molar-refractivity contribution in [1.82, 2.24) is 14.1 Å². The maximum atomic E-state index is 11.4. The van der Waals surface area contributed by atoms with Crippen molar-refractivity contribution in [3.63, 3.8) is 0 Å². The first-order valence-corrected chi connectivity index (χ1v) is 5.38. The highest BCUT2D eigenvalue weighted by Crippen LogP contribution is 2.18. The molecule has 1 unspecified atom stereocenters. The fraction of sp³-hybridized carbons (Fsp3) is 0.667. The lowest BCUT2D eigenvalue weighted by atomic mass is 9.89. The first-order valence-electron chi connectivity index (χ1n) is 4.65. The summed E-state index contributed by atoms with van der Waals surface area (Å²) in [4.78, 5) is 11.4. The average molecular weight is 229 g/mol. The van der Waals surface area contributed by atoms with Gasteiger partial charge < -0.3 is 10.4 Å². The summed E-state index contributed by atoms with van der Waals surface area (Å²) in [7, 11) is 0. The van der Waals surface area contributed by atoms with Crippen LogP contribution in [0.3, 0.4) is 0 Å². The van der Waals surface area contributed by atoms with Crippen LogP contribution in [0.15, 0.2) is 6.20 Å². The van der Waals surface area contributed by atoms with Crippen LogP contribution in [-0.4, -0.2) is 32.4 Å². The Morgan fingerprint density at radius 2 is 2.33 bits per heavy atom. The molecule has 0 bridgehead atoms. The maximum Gasteiger partial charge on any atom is 0.272 e. The van der Waals surface area contributed by atoms with Crippen LogP contribution in [0.2, 0.25) is 0 Å². The number of aromatic nitrogens is 2. The van der Waals surface area contributed by atoms with Gasteiger partial charge >= 0.3 is 0 Å². The van der Waals surface area contributed by atoms with Gasteiger partial charge in [0.1, 0.15) is 0 Å². The summed E-state index contributed by atoms with van der Waals surface area (Å²) in [6, 6.07) is 0. The molecule has 84 valence electrons. The summed E-state index contributed by atoms with van der Waals surface area (Å²) in [5.41, 5.74) is 0.0502. The summed E-state index contributed by atoms with van der Waals surface area (Å²) >= 11 is 0.984. The molecular weight excluding hydrogens is 214 g/mol. The summed E-state index contributed by atoms with van der Waals surface area (Å²) < 4.78 is 7.52. The standard InChI is InChI=1S/C9H15N3O2S/c1-9(2,3)7(13)5-10-8(14)6-4-11-15-12-6/h4,7,13H,5H2,1-3H3,(H,10,14). The van der Waals surface area contributed by atoms with Gasteiger partial charge in [0.15, 0.2) is 5.69 Å². The highest BCUT2D eigenvalue weighted by Gasteiger charge is 2.22. The van der Waals surface area contributed by atoms with Crippen molar-refractivity contribution in [2.45, 2.75) is 26.9 Å². The van der Waals surface area contributed by atoms with E-state index in [1.807, 2.05) is 20.8 Å². The summed E-state index contributed by atoms with van der Waals surface area (Å²) in [5, 5.41) is 12.3. The van der Waals surface area contributed by atoms with Gasteiger partial charge in [-0.05, 0) is 5.41 Å². The van der Waals surface area contributed by atoms with Crippen LogP contribution in [0, 0.1) is 5.41 Å². The second kappa shape index (κ2) is 4.67. The molecule has 0 aromatic carbocycles. The number of hydrogen-bond acceptors (Lipinski definition) is 5. The van der Waals surface area contributed by atoms with Crippen LogP contribution in [0.5, 0.6) is 0 Å². The molecule has 6 heteroatoms. The molecule has 1 aromatic rings. The second-order valence-corrected chi connectivity index (χ2v) is 4.94. The highest BCUT2D eigenvalue weighted by molar-refractivity contribution is 6.99. The summed E-state index contributed by atoms with van der Waals surface area (Å²) in [6.07, 6.45) is 0.830. The number of aliphatic hydroxyl groups is 1. The van der Waals surface area contributed by atoms with E-state index >= 15 is 0 Å². The Kier molecular flexibility index (Phi) is 3.76. The van der Waals surface area contributed by atoms with Gasteiger partial charge in [0.25, 0.3) is 5.91 Å². The largest absolute Gasteiger partial charge is 0.391 e. The molecule has 1 heterocycles. The predicted octanol–water partition coefficient (Wildman–Crippen LogP) is 0.675. The van der Waals surface area contributed by atoms with Crippen LogP contribution in [0.1, 0.15) is 31.3 Å². The summed E-state index contributed by atoms with van der Waals surface area (Å²) in [5.74, 6) is -0.299. The molecular formula is C9H15N3O2S. The van der Waals surface area contributed by atoms with Gasteiger partial charge in [-0.2, -0.15) is 8.75 Å². The topological polar surface area (TPSA) is 75.1 Å². The molecule has 0 aliphatic carbocycles. The quantitative estimate of drug-likeness (QED) is 0.799. The second-order valence-electron chi connectivity index (χ2n) is 4.38. The first-order chi connectivity index (χ1) is 6.91.